The van der Waals surface area contributed by atoms with Crippen LogP contribution in [-0.4, -0.2) is 20.4 Å². The molecule has 4 aliphatic carbocycles. The van der Waals surface area contributed by atoms with Gasteiger partial charge in [0.1, 0.15) is 6.10 Å². The predicted octanol–water partition coefficient (Wildman–Crippen LogP) is 7.79. The molecular weight excluding hydrogens is 412 g/mol. The molecule has 0 N–H and O–H groups in total. The van der Waals surface area contributed by atoms with Crippen LogP contribution in [0.4, 0.5) is 0 Å². The van der Waals surface area contributed by atoms with Crippen LogP contribution in [0.5, 0.6) is 0 Å². The van der Waals surface area contributed by atoms with Gasteiger partial charge in [0, 0.05) is 13.3 Å². The highest BCUT2D eigenvalue weighted by Gasteiger charge is 2.57. The van der Waals surface area contributed by atoms with Crippen molar-refractivity contribution in [2.75, 3.05) is 0 Å². The number of esters is 1. The van der Waals surface area contributed by atoms with E-state index in [9.17, 15) is 4.79 Å². The van der Waals surface area contributed by atoms with E-state index < -0.39 is 8.32 Å². The van der Waals surface area contributed by atoms with Crippen LogP contribution in [0, 0.1) is 28.6 Å². The molecule has 4 aliphatic rings. The van der Waals surface area contributed by atoms with Crippen molar-refractivity contribution in [3.63, 3.8) is 0 Å². The van der Waals surface area contributed by atoms with Crippen LogP contribution in [0.25, 0.3) is 0 Å². The second-order valence-electron chi connectivity index (χ2n) is 13.2. The summed E-state index contributed by atoms with van der Waals surface area (Å²) in [5.74, 6) is 2.20. The molecule has 0 spiro atoms. The van der Waals surface area contributed by atoms with E-state index in [1.54, 1.807) is 18.1 Å². The lowest BCUT2D eigenvalue weighted by molar-refractivity contribution is -0.148. The summed E-state index contributed by atoms with van der Waals surface area (Å²) in [5, 5.41) is 0.241. The van der Waals surface area contributed by atoms with E-state index in [4.69, 9.17) is 9.16 Å². The van der Waals surface area contributed by atoms with Gasteiger partial charge in [0.2, 0.25) is 8.32 Å². The first-order chi connectivity index (χ1) is 14.8. The third kappa shape index (κ3) is 3.93. The van der Waals surface area contributed by atoms with Crippen molar-refractivity contribution in [2.45, 2.75) is 117 Å². The van der Waals surface area contributed by atoms with E-state index in [0.29, 0.717) is 10.8 Å². The van der Waals surface area contributed by atoms with E-state index in [1.807, 2.05) is 0 Å². The minimum atomic E-state index is -1.77. The van der Waals surface area contributed by atoms with E-state index in [-0.39, 0.29) is 17.1 Å². The van der Waals surface area contributed by atoms with Gasteiger partial charge in [-0.15, -0.1) is 0 Å². The lowest BCUT2D eigenvalue weighted by Crippen LogP contribution is -2.49. The first-order valence-electron chi connectivity index (χ1n) is 13.0. The van der Waals surface area contributed by atoms with Gasteiger partial charge >= 0.3 is 5.97 Å². The van der Waals surface area contributed by atoms with E-state index in [1.165, 1.54) is 38.5 Å². The van der Waals surface area contributed by atoms with Crippen molar-refractivity contribution < 1.29 is 14.0 Å². The summed E-state index contributed by atoms with van der Waals surface area (Å²) in [6, 6.07) is 0. The van der Waals surface area contributed by atoms with Gasteiger partial charge in [0.25, 0.3) is 0 Å². The van der Waals surface area contributed by atoms with Gasteiger partial charge in [-0.05, 0) is 97.2 Å². The number of ether oxygens (including phenoxy) is 1. The average Bonchev–Trinajstić information content (AvgIpc) is 3.02. The Kier molecular flexibility index (Phi) is 6.05. The van der Waals surface area contributed by atoms with Crippen LogP contribution in [0.2, 0.25) is 18.1 Å². The number of fused-ring (bicyclic) bond motifs is 5. The lowest BCUT2D eigenvalue weighted by Gasteiger charge is -2.57. The van der Waals surface area contributed by atoms with Crippen LogP contribution in [0.15, 0.2) is 23.5 Å². The molecule has 3 nitrogen and oxygen atoms in total. The summed E-state index contributed by atoms with van der Waals surface area (Å²) < 4.78 is 12.2. The zero-order chi connectivity index (χ0) is 23.5. The molecule has 0 aromatic rings. The van der Waals surface area contributed by atoms with Crippen molar-refractivity contribution >= 4 is 14.3 Å². The number of hydrogen-bond acceptors (Lipinski definition) is 3. The van der Waals surface area contributed by atoms with Crippen molar-refractivity contribution in [3.8, 4) is 0 Å². The Labute approximate surface area is 197 Å². The highest BCUT2D eigenvalue weighted by molar-refractivity contribution is 6.74. The van der Waals surface area contributed by atoms with Crippen molar-refractivity contribution in [1.29, 1.82) is 0 Å². The fourth-order valence-electron chi connectivity index (χ4n) is 7.40. The fourth-order valence-corrected chi connectivity index (χ4v) is 8.19. The Morgan fingerprint density at radius 2 is 1.75 bits per heavy atom. The molecule has 0 aliphatic heterocycles. The number of carbonyl (C=O) groups excluding carboxylic acids is 1. The molecule has 0 saturated heterocycles. The summed E-state index contributed by atoms with van der Waals surface area (Å²) in [6.07, 6.45) is 14.4. The zero-order valence-corrected chi connectivity index (χ0v) is 22.8. The van der Waals surface area contributed by atoms with E-state index >= 15 is 0 Å². The van der Waals surface area contributed by atoms with Gasteiger partial charge in [-0.2, -0.15) is 0 Å². The quantitative estimate of drug-likeness (QED) is 0.187. The Morgan fingerprint density at radius 3 is 2.41 bits per heavy atom. The summed E-state index contributed by atoms with van der Waals surface area (Å²) in [4.78, 5) is 11.5. The van der Waals surface area contributed by atoms with Crippen LogP contribution in [-0.2, 0) is 14.0 Å². The topological polar surface area (TPSA) is 35.5 Å². The number of allylic oxidation sites excluding steroid dienone is 2. The normalized spacial score (nSPS) is 40.8. The van der Waals surface area contributed by atoms with Crippen molar-refractivity contribution in [3.05, 3.63) is 23.5 Å². The molecule has 0 bridgehead atoms. The minimum absolute atomic E-state index is 0.0886. The molecule has 0 radical (unpaired) electrons. The number of rotatable bonds is 3. The molecule has 0 unspecified atom stereocenters. The summed E-state index contributed by atoms with van der Waals surface area (Å²) >= 11 is 0. The van der Waals surface area contributed by atoms with Gasteiger partial charge in [-0.3, -0.25) is 4.79 Å². The van der Waals surface area contributed by atoms with Crippen LogP contribution >= 0.6 is 0 Å². The molecule has 4 rings (SSSR count). The molecule has 0 aromatic carbocycles. The summed E-state index contributed by atoms with van der Waals surface area (Å²) in [6.45, 7) is 18.3. The molecular formula is C28H46O3Si. The molecule has 3 fully saturated rings. The lowest BCUT2D eigenvalue weighted by atomic mass is 9.48. The van der Waals surface area contributed by atoms with Gasteiger partial charge < -0.3 is 9.16 Å². The van der Waals surface area contributed by atoms with Crippen molar-refractivity contribution in [2.24, 2.45) is 28.6 Å². The molecule has 4 heteroatoms. The Hall–Kier alpha value is -1.03. The maximum Gasteiger partial charge on any atom is 0.302 e. The third-order valence-electron chi connectivity index (χ3n) is 10.5. The van der Waals surface area contributed by atoms with Crippen molar-refractivity contribution in [1.82, 2.24) is 0 Å². The average molecular weight is 459 g/mol. The van der Waals surface area contributed by atoms with Gasteiger partial charge in [0.15, 0.2) is 0 Å². The molecule has 32 heavy (non-hydrogen) atoms. The van der Waals surface area contributed by atoms with Gasteiger partial charge in [-0.1, -0.05) is 46.3 Å². The second-order valence-corrected chi connectivity index (χ2v) is 18.0. The molecule has 180 valence electrons. The maximum absolute atomic E-state index is 11.5. The standard InChI is InChI=1S/C28H46O3Si/c1-19(29)31-22-13-15-27(5)20(17-22)9-11-23-24-12-10-21(28(24,6)16-14-25(23)27)18-30-32(7,8)26(2,3)4/h9,18,22-25H,10-17H2,1-8H3/b21-18+/t22-,23-,24-,25-,27-,28+/m0/s1. The Morgan fingerprint density at radius 1 is 1.09 bits per heavy atom. The monoisotopic (exact) mass is 458 g/mol. The second kappa shape index (κ2) is 8.03. The van der Waals surface area contributed by atoms with Gasteiger partial charge in [0.05, 0.1) is 6.26 Å². The molecule has 0 amide bonds. The van der Waals surface area contributed by atoms with Gasteiger partial charge in [-0.25, -0.2) is 0 Å². The predicted molar refractivity (Wildman–Crippen MR) is 134 cm³/mol. The van der Waals surface area contributed by atoms with Crippen LogP contribution in [0.1, 0.15) is 92.9 Å². The third-order valence-corrected chi connectivity index (χ3v) is 14.9. The van der Waals surface area contributed by atoms with E-state index in [0.717, 1.165) is 30.6 Å². The van der Waals surface area contributed by atoms with Crippen LogP contribution in [0.3, 0.4) is 0 Å². The highest BCUT2D eigenvalue weighted by Crippen LogP contribution is 2.66. The molecule has 0 aromatic heterocycles. The Bertz CT molecular complexity index is 819. The molecule has 0 heterocycles. The molecule has 3 saturated carbocycles. The SMILES string of the molecule is CC(=O)O[C@H]1CC[C@@]2(C)C(=CC[C@@H]3[C@@H]2CC[C@]2(C)/C(=C/O[Si](C)(C)C(C)(C)C)CC[C@@H]32)C1. The highest BCUT2D eigenvalue weighted by atomic mass is 28.4. The fraction of sp³-hybridized carbons (Fsp3) is 0.821. The minimum Gasteiger partial charge on any atom is -0.549 e. The van der Waals surface area contributed by atoms with Crippen LogP contribution < -0.4 is 0 Å². The summed E-state index contributed by atoms with van der Waals surface area (Å²) in [5.41, 5.74) is 3.77. The Balaban J connectivity index is 1.53. The maximum atomic E-state index is 11.5. The summed E-state index contributed by atoms with van der Waals surface area (Å²) in [7, 11) is -1.77. The first-order valence-corrected chi connectivity index (χ1v) is 15.9. The number of hydrogen-bond donors (Lipinski definition) is 0. The number of carbonyl (C=O) groups is 1. The zero-order valence-electron chi connectivity index (χ0n) is 21.8. The largest absolute Gasteiger partial charge is 0.549 e. The molecule has 6 atom stereocenters. The van der Waals surface area contributed by atoms with E-state index in [2.05, 4.69) is 60.1 Å². The first kappa shape index (κ1) is 24.1. The smallest absolute Gasteiger partial charge is 0.302 e.